The highest BCUT2D eigenvalue weighted by Crippen LogP contribution is 2.30. The number of carbonyl (C=O) groups is 2. The Morgan fingerprint density at radius 1 is 1.25 bits per heavy atom. The number of amides is 2. The Kier molecular flexibility index (Phi) is 5.84. The maximum atomic E-state index is 12.6. The van der Waals surface area contributed by atoms with Crippen LogP contribution >= 0.6 is 11.3 Å². The van der Waals surface area contributed by atoms with Gasteiger partial charge in [0.25, 0.3) is 0 Å². The number of hydrogen-bond donors (Lipinski definition) is 2. The third-order valence-corrected chi connectivity index (χ3v) is 5.07. The topological polar surface area (TPSA) is 83.6 Å². The molecule has 0 radical (unpaired) electrons. The van der Waals surface area contributed by atoms with E-state index < -0.39 is 17.8 Å². The van der Waals surface area contributed by atoms with Gasteiger partial charge in [-0.1, -0.05) is 11.3 Å². The van der Waals surface area contributed by atoms with Gasteiger partial charge in [0.05, 0.1) is 24.9 Å². The summed E-state index contributed by atoms with van der Waals surface area (Å²) in [5.41, 5.74) is 0.407. The normalized spacial score (nSPS) is 14.3. The maximum Gasteiger partial charge on any atom is 0.416 e. The molecular weight excluding hydrogens is 397 g/mol. The number of halogens is 3. The first kappa shape index (κ1) is 20.1. The number of anilines is 2. The largest absolute Gasteiger partial charge is 0.453 e. The van der Waals surface area contributed by atoms with Crippen molar-refractivity contribution in [3.8, 4) is 0 Å². The summed E-state index contributed by atoms with van der Waals surface area (Å²) >= 11 is 1.31. The maximum absolute atomic E-state index is 12.6. The first-order valence-corrected chi connectivity index (χ1v) is 9.09. The van der Waals surface area contributed by atoms with Crippen LogP contribution in [-0.2, 0) is 28.7 Å². The van der Waals surface area contributed by atoms with Crippen LogP contribution in [0.3, 0.4) is 0 Å². The Balaban J connectivity index is 1.55. The minimum atomic E-state index is -4.41. The molecule has 0 saturated carbocycles. The highest BCUT2D eigenvalue weighted by atomic mass is 32.1. The predicted octanol–water partition coefficient (Wildman–Crippen LogP) is 3.34. The van der Waals surface area contributed by atoms with E-state index in [1.54, 1.807) is 0 Å². The summed E-state index contributed by atoms with van der Waals surface area (Å²) in [5, 5.41) is 5.56. The predicted molar refractivity (Wildman–Crippen MR) is 97.2 cm³/mol. The smallest absolute Gasteiger partial charge is 0.416 e. The van der Waals surface area contributed by atoms with Crippen molar-refractivity contribution in [1.29, 1.82) is 0 Å². The molecule has 1 aromatic carbocycles. The lowest BCUT2D eigenvalue weighted by Gasteiger charge is -2.25. The van der Waals surface area contributed by atoms with Crippen LogP contribution in [0, 0.1) is 0 Å². The van der Waals surface area contributed by atoms with Crippen molar-refractivity contribution in [2.75, 3.05) is 30.8 Å². The molecule has 0 spiro atoms. The molecule has 11 heteroatoms. The first-order chi connectivity index (χ1) is 13.2. The number of alkyl halides is 3. The van der Waals surface area contributed by atoms with Crippen LogP contribution in [-0.4, -0.2) is 42.1 Å². The van der Waals surface area contributed by atoms with Gasteiger partial charge in [0.15, 0.2) is 5.13 Å². The van der Waals surface area contributed by atoms with E-state index in [4.69, 9.17) is 0 Å². The summed E-state index contributed by atoms with van der Waals surface area (Å²) in [6.45, 7) is 1.20. The van der Waals surface area contributed by atoms with Crippen LogP contribution in [0.5, 0.6) is 0 Å². The van der Waals surface area contributed by atoms with Gasteiger partial charge in [0, 0.05) is 30.1 Å². The van der Waals surface area contributed by atoms with Gasteiger partial charge in [0.2, 0.25) is 5.91 Å². The zero-order valence-electron chi connectivity index (χ0n) is 14.8. The Morgan fingerprint density at radius 2 is 1.96 bits per heavy atom. The van der Waals surface area contributed by atoms with Gasteiger partial charge in [-0.25, -0.2) is 9.78 Å². The number of nitrogens with one attached hydrogen (secondary N) is 2. The lowest BCUT2D eigenvalue weighted by molar-refractivity contribution is -0.137. The number of carbonyl (C=O) groups excluding carboxylic acids is 2. The van der Waals surface area contributed by atoms with Gasteiger partial charge in [-0.2, -0.15) is 13.2 Å². The Bertz CT molecular complexity index is 868. The van der Waals surface area contributed by atoms with Gasteiger partial charge < -0.3 is 10.1 Å². The van der Waals surface area contributed by atoms with Gasteiger partial charge >= 0.3 is 12.3 Å². The van der Waals surface area contributed by atoms with Crippen LogP contribution in [0.4, 0.5) is 28.8 Å². The van der Waals surface area contributed by atoms with Crippen molar-refractivity contribution in [2.45, 2.75) is 19.1 Å². The minimum Gasteiger partial charge on any atom is -0.453 e. The second-order valence-electron chi connectivity index (χ2n) is 6.09. The molecule has 2 aromatic rings. The number of aromatic nitrogens is 1. The molecule has 0 aliphatic carbocycles. The fraction of sp³-hybridized carbons (Fsp3) is 0.353. The monoisotopic (exact) mass is 414 g/mol. The van der Waals surface area contributed by atoms with Crippen LogP contribution in [0.25, 0.3) is 0 Å². The fourth-order valence-corrected chi connectivity index (χ4v) is 3.76. The highest BCUT2D eigenvalue weighted by molar-refractivity contribution is 7.15. The molecule has 0 fully saturated rings. The first-order valence-electron chi connectivity index (χ1n) is 8.27. The van der Waals surface area contributed by atoms with E-state index in [1.165, 1.54) is 30.6 Å². The number of rotatable bonds is 4. The lowest BCUT2D eigenvalue weighted by Crippen LogP contribution is -2.36. The zero-order valence-corrected chi connectivity index (χ0v) is 15.6. The standard InChI is InChI=1S/C17H17F3N4O3S/c1-27-16(26)23-15-22-12-6-7-24(8-13(12)28-15)9-14(25)21-11-4-2-10(3-5-11)17(18,19)20/h2-5H,6-9H2,1H3,(H,21,25)(H,22,23,26). The third-order valence-electron chi connectivity index (χ3n) is 4.07. The molecule has 2 heterocycles. The van der Waals surface area contributed by atoms with E-state index in [0.29, 0.717) is 30.3 Å². The van der Waals surface area contributed by atoms with Gasteiger partial charge in [-0.15, -0.1) is 0 Å². The van der Waals surface area contributed by atoms with E-state index in [0.717, 1.165) is 22.7 Å². The summed E-state index contributed by atoms with van der Waals surface area (Å²) in [5.74, 6) is -0.319. The van der Waals surface area contributed by atoms with Crippen molar-refractivity contribution in [3.63, 3.8) is 0 Å². The molecule has 150 valence electrons. The molecule has 3 rings (SSSR count). The second-order valence-corrected chi connectivity index (χ2v) is 7.17. The van der Waals surface area contributed by atoms with Gasteiger partial charge in [-0.05, 0) is 24.3 Å². The quantitative estimate of drug-likeness (QED) is 0.802. The van der Waals surface area contributed by atoms with E-state index in [9.17, 15) is 22.8 Å². The van der Waals surface area contributed by atoms with Crippen LogP contribution < -0.4 is 10.6 Å². The molecule has 28 heavy (non-hydrogen) atoms. The fourth-order valence-electron chi connectivity index (χ4n) is 2.72. The molecule has 7 nitrogen and oxygen atoms in total. The number of fused-ring (bicyclic) bond motifs is 1. The number of hydrogen-bond acceptors (Lipinski definition) is 6. The SMILES string of the molecule is COC(=O)Nc1nc2c(s1)CN(CC(=O)Nc1ccc(C(F)(F)F)cc1)CC2. The zero-order chi connectivity index (χ0) is 20.3. The molecular formula is C17H17F3N4O3S. The highest BCUT2D eigenvalue weighted by Gasteiger charge is 2.30. The third kappa shape index (κ3) is 4.98. The average molecular weight is 414 g/mol. The number of methoxy groups -OCH3 is 1. The van der Waals surface area contributed by atoms with Gasteiger partial charge in [0.1, 0.15) is 0 Å². The molecule has 1 aliphatic heterocycles. The molecule has 2 N–H and O–H groups in total. The van der Waals surface area contributed by atoms with Crippen molar-refractivity contribution < 1.29 is 27.5 Å². The molecule has 0 saturated heterocycles. The lowest BCUT2D eigenvalue weighted by atomic mass is 10.2. The van der Waals surface area contributed by atoms with Crippen LogP contribution in [0.15, 0.2) is 24.3 Å². The molecule has 0 bridgehead atoms. The number of nitrogens with zero attached hydrogens (tertiary/aromatic N) is 2. The summed E-state index contributed by atoms with van der Waals surface area (Å²) in [6.07, 6.45) is -4.38. The van der Waals surface area contributed by atoms with Crippen LogP contribution in [0.1, 0.15) is 16.1 Å². The molecule has 1 aliphatic rings. The van der Waals surface area contributed by atoms with Crippen molar-refractivity contribution >= 4 is 34.2 Å². The van der Waals surface area contributed by atoms with E-state index >= 15 is 0 Å². The average Bonchev–Trinajstić information content (AvgIpc) is 3.02. The van der Waals surface area contributed by atoms with E-state index in [-0.39, 0.29) is 12.5 Å². The van der Waals surface area contributed by atoms with Crippen molar-refractivity contribution in [2.24, 2.45) is 0 Å². The Labute approximate surface area is 162 Å². The molecule has 0 atom stereocenters. The molecule has 2 amide bonds. The van der Waals surface area contributed by atoms with Crippen LogP contribution in [0.2, 0.25) is 0 Å². The minimum absolute atomic E-state index is 0.0954. The van der Waals surface area contributed by atoms with Crippen molar-refractivity contribution in [3.05, 3.63) is 40.4 Å². The second kappa shape index (κ2) is 8.15. The summed E-state index contributed by atoms with van der Waals surface area (Å²) in [6, 6.07) is 4.30. The molecule has 0 unspecified atom stereocenters. The number of ether oxygens (including phenoxy) is 1. The van der Waals surface area contributed by atoms with E-state index in [1.807, 2.05) is 4.90 Å². The number of thiazole rings is 1. The summed E-state index contributed by atoms with van der Waals surface area (Å²) in [4.78, 5) is 30.6. The molecule has 1 aromatic heterocycles. The summed E-state index contributed by atoms with van der Waals surface area (Å²) in [7, 11) is 1.26. The number of benzene rings is 1. The Hall–Kier alpha value is -2.66. The van der Waals surface area contributed by atoms with Crippen molar-refractivity contribution in [1.82, 2.24) is 9.88 Å². The van der Waals surface area contributed by atoms with E-state index in [2.05, 4.69) is 20.4 Å². The van der Waals surface area contributed by atoms with Gasteiger partial charge in [-0.3, -0.25) is 15.0 Å². The Morgan fingerprint density at radius 3 is 2.61 bits per heavy atom. The summed E-state index contributed by atoms with van der Waals surface area (Å²) < 4.78 is 42.3.